The topological polar surface area (TPSA) is 0 Å². The average Bonchev–Trinajstić information content (AvgIpc) is 2.93. The highest BCUT2D eigenvalue weighted by Crippen LogP contribution is 2.67. The summed E-state index contributed by atoms with van der Waals surface area (Å²) in [5.41, 5.74) is 3.08. The van der Waals surface area contributed by atoms with Gasteiger partial charge in [-0.3, -0.25) is 0 Å². The summed E-state index contributed by atoms with van der Waals surface area (Å²) in [6.45, 7) is 12.8. The van der Waals surface area contributed by atoms with Crippen LogP contribution in [-0.2, 0) is 0 Å². The minimum Gasteiger partial charge on any atom is -0.0845 e. The summed E-state index contributed by atoms with van der Waals surface area (Å²) in [4.78, 5) is 0. The highest BCUT2D eigenvalue weighted by Gasteiger charge is 2.58. The van der Waals surface area contributed by atoms with Gasteiger partial charge < -0.3 is 0 Å². The third-order valence-electron chi connectivity index (χ3n) is 9.85. The maximum Gasteiger partial charge on any atom is -0.00851 e. The van der Waals surface area contributed by atoms with Crippen molar-refractivity contribution in [2.24, 2.45) is 46.3 Å². The Hall–Kier alpha value is -0.260. The van der Waals surface area contributed by atoms with Crippen LogP contribution in [0.3, 0.4) is 0 Å². The highest BCUT2D eigenvalue weighted by molar-refractivity contribution is 5.25. The predicted octanol–water partition coefficient (Wildman–Crippen LogP) is 7.64. The third-order valence-corrected chi connectivity index (χ3v) is 9.85. The van der Waals surface area contributed by atoms with Crippen LogP contribution in [0.4, 0.5) is 0 Å². The summed E-state index contributed by atoms with van der Waals surface area (Å²) in [6, 6.07) is 0. The van der Waals surface area contributed by atoms with Crippen LogP contribution in [0, 0.1) is 46.3 Å². The Morgan fingerprint density at radius 2 is 1.88 bits per heavy atom. The molecule has 0 aromatic carbocycles. The molecule has 0 nitrogen and oxygen atoms in total. The van der Waals surface area contributed by atoms with Crippen molar-refractivity contribution in [1.82, 2.24) is 0 Å². The van der Waals surface area contributed by atoms with Crippen molar-refractivity contribution < 1.29 is 0 Å². The van der Waals surface area contributed by atoms with Gasteiger partial charge in [0.1, 0.15) is 0 Å². The first-order valence-corrected chi connectivity index (χ1v) is 11.6. The van der Waals surface area contributed by atoms with E-state index < -0.39 is 0 Å². The predicted molar refractivity (Wildman–Crippen MR) is 108 cm³/mol. The Balaban J connectivity index is 1.60. The van der Waals surface area contributed by atoms with E-state index in [0.717, 1.165) is 35.5 Å². The second-order valence-electron chi connectivity index (χ2n) is 11.1. The molecule has 4 rings (SSSR count). The zero-order valence-electron chi connectivity index (χ0n) is 17.6. The lowest BCUT2D eigenvalue weighted by Gasteiger charge is -2.58. The van der Waals surface area contributed by atoms with E-state index in [2.05, 4.69) is 40.7 Å². The van der Waals surface area contributed by atoms with E-state index in [1.54, 1.807) is 0 Å². The summed E-state index contributed by atoms with van der Waals surface area (Å²) < 4.78 is 0. The van der Waals surface area contributed by atoms with Crippen LogP contribution in [0.5, 0.6) is 0 Å². The van der Waals surface area contributed by atoms with Gasteiger partial charge in [0.05, 0.1) is 0 Å². The molecular weight excluding hydrogens is 300 g/mol. The fourth-order valence-corrected chi connectivity index (χ4v) is 8.47. The maximum absolute atomic E-state index is 2.74. The lowest BCUT2D eigenvalue weighted by molar-refractivity contribution is -0.0521. The van der Waals surface area contributed by atoms with E-state index in [-0.39, 0.29) is 0 Å². The fourth-order valence-electron chi connectivity index (χ4n) is 8.47. The number of hydrogen-bond donors (Lipinski definition) is 0. The molecule has 0 aliphatic heterocycles. The molecule has 0 aromatic rings. The van der Waals surface area contributed by atoms with Crippen LogP contribution in [0.2, 0.25) is 0 Å². The summed E-state index contributed by atoms with van der Waals surface area (Å²) in [5.74, 6) is 5.89. The van der Waals surface area contributed by atoms with Gasteiger partial charge in [-0.1, -0.05) is 59.1 Å². The second kappa shape index (κ2) is 6.42. The molecule has 3 fully saturated rings. The molecule has 4 aliphatic rings. The van der Waals surface area contributed by atoms with E-state index in [1.165, 1.54) is 64.2 Å². The van der Waals surface area contributed by atoms with Crippen molar-refractivity contribution in [3.05, 3.63) is 11.6 Å². The van der Waals surface area contributed by atoms with Crippen LogP contribution >= 0.6 is 0 Å². The highest BCUT2D eigenvalue weighted by atomic mass is 14.6. The summed E-state index contributed by atoms with van der Waals surface area (Å²) in [5, 5.41) is 0. The SMILES string of the molecule is CCC[C@@H](C)C1CCC2C3CC=C4C[C@@H](C)CC[C@]4(C)C3CC[C@@]21C. The van der Waals surface area contributed by atoms with E-state index in [4.69, 9.17) is 0 Å². The molecule has 0 heterocycles. The van der Waals surface area contributed by atoms with E-state index in [9.17, 15) is 0 Å². The molecular formula is C25H42. The Labute approximate surface area is 157 Å². The second-order valence-corrected chi connectivity index (χ2v) is 11.1. The Morgan fingerprint density at radius 1 is 1.08 bits per heavy atom. The first kappa shape index (κ1) is 18.1. The van der Waals surface area contributed by atoms with Gasteiger partial charge >= 0.3 is 0 Å². The van der Waals surface area contributed by atoms with Crippen LogP contribution < -0.4 is 0 Å². The van der Waals surface area contributed by atoms with Gasteiger partial charge in [-0.05, 0) is 97.7 Å². The number of allylic oxidation sites excluding steroid dienone is 2. The molecule has 0 amide bonds. The molecule has 0 aromatic heterocycles. The molecule has 0 spiro atoms. The number of hydrogen-bond acceptors (Lipinski definition) is 0. The van der Waals surface area contributed by atoms with Crippen molar-refractivity contribution in [3.63, 3.8) is 0 Å². The van der Waals surface area contributed by atoms with E-state index >= 15 is 0 Å². The van der Waals surface area contributed by atoms with Gasteiger partial charge in [-0.25, -0.2) is 0 Å². The van der Waals surface area contributed by atoms with Crippen LogP contribution in [0.1, 0.15) is 98.8 Å². The van der Waals surface area contributed by atoms with Crippen molar-refractivity contribution in [1.29, 1.82) is 0 Å². The van der Waals surface area contributed by atoms with Gasteiger partial charge in [0, 0.05) is 0 Å². The van der Waals surface area contributed by atoms with Gasteiger partial charge in [-0.15, -0.1) is 0 Å². The summed E-state index contributed by atoms with van der Waals surface area (Å²) >= 11 is 0. The van der Waals surface area contributed by atoms with Gasteiger partial charge in [-0.2, -0.15) is 0 Å². The first-order chi connectivity index (χ1) is 11.9. The standard InChI is InChI=1S/C25H42/c1-6-7-18(3)21-10-11-22-20-9-8-19-16-17(2)12-14-24(19,4)23(20)13-15-25(21,22)5/h8,17-18,20-23H,6-7,9-16H2,1-5H3/t17-,18+,20?,21?,22?,23?,24-,25+/m0/s1. The summed E-state index contributed by atoms with van der Waals surface area (Å²) in [6.07, 6.45) is 17.4. The number of rotatable bonds is 3. The maximum atomic E-state index is 2.74. The minimum atomic E-state index is 0.559. The third kappa shape index (κ3) is 2.68. The lowest BCUT2D eigenvalue weighted by atomic mass is 9.46. The van der Waals surface area contributed by atoms with Gasteiger partial charge in [0.2, 0.25) is 0 Å². The molecule has 3 saturated carbocycles. The molecule has 0 N–H and O–H groups in total. The zero-order chi connectivity index (χ0) is 17.8. The molecule has 0 radical (unpaired) electrons. The van der Waals surface area contributed by atoms with Gasteiger partial charge in [0.25, 0.3) is 0 Å². The average molecular weight is 343 g/mol. The number of fused-ring (bicyclic) bond motifs is 5. The molecule has 0 bridgehead atoms. The van der Waals surface area contributed by atoms with Crippen molar-refractivity contribution in [3.8, 4) is 0 Å². The van der Waals surface area contributed by atoms with Gasteiger partial charge in [0.15, 0.2) is 0 Å². The quantitative estimate of drug-likeness (QED) is 0.462. The molecule has 0 saturated heterocycles. The molecule has 4 aliphatic carbocycles. The molecule has 4 unspecified atom stereocenters. The zero-order valence-corrected chi connectivity index (χ0v) is 17.6. The largest absolute Gasteiger partial charge is 0.0845 e. The molecule has 25 heavy (non-hydrogen) atoms. The smallest absolute Gasteiger partial charge is 0.00851 e. The summed E-state index contributed by atoms with van der Waals surface area (Å²) in [7, 11) is 0. The van der Waals surface area contributed by atoms with Crippen molar-refractivity contribution >= 4 is 0 Å². The Bertz CT molecular complexity index is 530. The molecule has 0 heteroatoms. The monoisotopic (exact) mass is 342 g/mol. The van der Waals surface area contributed by atoms with Crippen LogP contribution in [0.25, 0.3) is 0 Å². The van der Waals surface area contributed by atoms with Crippen LogP contribution in [-0.4, -0.2) is 0 Å². The van der Waals surface area contributed by atoms with Crippen molar-refractivity contribution in [2.45, 2.75) is 98.8 Å². The Kier molecular flexibility index (Phi) is 4.65. The lowest BCUT2D eigenvalue weighted by Crippen LogP contribution is -2.50. The minimum absolute atomic E-state index is 0.559. The molecule has 8 atom stereocenters. The molecule has 142 valence electrons. The Morgan fingerprint density at radius 3 is 2.64 bits per heavy atom. The van der Waals surface area contributed by atoms with E-state index in [1.807, 2.05) is 5.57 Å². The first-order valence-electron chi connectivity index (χ1n) is 11.6. The van der Waals surface area contributed by atoms with Crippen LogP contribution in [0.15, 0.2) is 11.6 Å². The fraction of sp³-hybridized carbons (Fsp3) is 0.920. The van der Waals surface area contributed by atoms with E-state index in [0.29, 0.717) is 10.8 Å². The van der Waals surface area contributed by atoms with Crippen molar-refractivity contribution in [2.75, 3.05) is 0 Å². The normalized spacial score (nSPS) is 50.4.